The van der Waals surface area contributed by atoms with Gasteiger partial charge in [-0.25, -0.2) is 13.4 Å². The van der Waals surface area contributed by atoms with Crippen molar-refractivity contribution in [3.63, 3.8) is 0 Å². The number of methoxy groups -OCH3 is 1. The van der Waals surface area contributed by atoms with E-state index in [1.165, 1.54) is 11.4 Å². The topological polar surface area (TPSA) is 93.7 Å². The van der Waals surface area contributed by atoms with Crippen LogP contribution in [0.3, 0.4) is 0 Å². The van der Waals surface area contributed by atoms with E-state index in [2.05, 4.69) is 15.3 Å². The van der Waals surface area contributed by atoms with Gasteiger partial charge in [-0.05, 0) is 0 Å². The van der Waals surface area contributed by atoms with Gasteiger partial charge in [0.25, 0.3) is 5.88 Å². The molecule has 0 aromatic carbocycles. The van der Waals surface area contributed by atoms with Crippen LogP contribution in [-0.2, 0) is 14.8 Å². The lowest BCUT2D eigenvalue weighted by atomic mass is 10.3. The Morgan fingerprint density at radius 3 is 3.05 bits per heavy atom. The minimum absolute atomic E-state index is 0.158. The summed E-state index contributed by atoms with van der Waals surface area (Å²) in [6, 6.07) is 0. The molecule has 0 bridgehead atoms. The lowest BCUT2D eigenvalue weighted by molar-refractivity contribution is 0.00695. The molecule has 0 saturated carbocycles. The first-order valence-corrected chi connectivity index (χ1v) is 8.12. The number of sulfonamides is 1. The number of nitrogens with one attached hydrogen (secondary N) is 1. The molecule has 21 heavy (non-hydrogen) atoms. The second kappa shape index (κ2) is 6.50. The van der Waals surface area contributed by atoms with Crippen LogP contribution in [0.5, 0.6) is 5.88 Å². The molecule has 118 valence electrons. The summed E-state index contributed by atoms with van der Waals surface area (Å²) < 4.78 is 47.7. The first-order valence-electron chi connectivity index (χ1n) is 6.27. The smallest absolute Gasteiger partial charge is 0.255 e. The normalized spacial score (nSPS) is 20.2. The molecule has 0 radical (unpaired) electrons. The Labute approximate surface area is 122 Å². The first-order chi connectivity index (χ1) is 9.90. The van der Waals surface area contributed by atoms with Crippen molar-refractivity contribution in [3.8, 4) is 5.88 Å². The summed E-state index contributed by atoms with van der Waals surface area (Å²) in [5.74, 6) is -0.622. The van der Waals surface area contributed by atoms with E-state index in [1.54, 1.807) is 0 Å². The van der Waals surface area contributed by atoms with Crippen molar-refractivity contribution in [1.82, 2.24) is 14.3 Å². The van der Waals surface area contributed by atoms with Crippen LogP contribution in [0.25, 0.3) is 0 Å². The largest absolute Gasteiger partial charge is 0.479 e. The molecule has 1 unspecified atom stereocenters. The van der Waals surface area contributed by atoms with Gasteiger partial charge in [-0.2, -0.15) is 13.7 Å². The Hall–Kier alpha value is -1.52. The van der Waals surface area contributed by atoms with Crippen LogP contribution in [-0.4, -0.2) is 68.4 Å². The van der Waals surface area contributed by atoms with Gasteiger partial charge in [0.05, 0.1) is 32.3 Å². The van der Waals surface area contributed by atoms with Crippen molar-refractivity contribution in [2.75, 3.05) is 44.9 Å². The van der Waals surface area contributed by atoms with Crippen LogP contribution < -0.4 is 10.1 Å². The molecule has 1 fully saturated rings. The quantitative estimate of drug-likeness (QED) is 0.796. The van der Waals surface area contributed by atoms with Crippen molar-refractivity contribution >= 4 is 16.0 Å². The van der Waals surface area contributed by atoms with Gasteiger partial charge in [0, 0.05) is 19.6 Å². The molecule has 8 nitrogen and oxygen atoms in total. The molecule has 1 aromatic rings. The van der Waals surface area contributed by atoms with E-state index in [9.17, 15) is 12.8 Å². The van der Waals surface area contributed by atoms with E-state index >= 15 is 0 Å². The van der Waals surface area contributed by atoms with E-state index in [0.29, 0.717) is 19.7 Å². The third kappa shape index (κ3) is 4.22. The fourth-order valence-electron chi connectivity index (χ4n) is 1.90. The molecule has 2 heterocycles. The highest BCUT2D eigenvalue weighted by Gasteiger charge is 2.26. The van der Waals surface area contributed by atoms with E-state index in [-0.39, 0.29) is 24.5 Å². The molecule has 1 aromatic heterocycles. The highest BCUT2D eigenvalue weighted by Crippen LogP contribution is 2.14. The molecule has 1 atom stereocenters. The van der Waals surface area contributed by atoms with Crippen LogP contribution >= 0.6 is 0 Å². The SMILES string of the molecule is COc1nc(NCC2CN(S(C)(=O)=O)CCO2)ncc1F. The monoisotopic (exact) mass is 320 g/mol. The highest BCUT2D eigenvalue weighted by molar-refractivity contribution is 7.88. The number of ether oxygens (including phenoxy) is 2. The minimum atomic E-state index is -3.23. The molecular weight excluding hydrogens is 303 g/mol. The zero-order valence-electron chi connectivity index (χ0n) is 11.7. The maximum absolute atomic E-state index is 13.2. The van der Waals surface area contributed by atoms with Gasteiger partial charge in [-0.3, -0.25) is 0 Å². The number of hydrogen-bond acceptors (Lipinski definition) is 7. The minimum Gasteiger partial charge on any atom is -0.479 e. The van der Waals surface area contributed by atoms with Crippen molar-refractivity contribution in [2.24, 2.45) is 0 Å². The first kappa shape index (κ1) is 15.9. The lowest BCUT2D eigenvalue weighted by Gasteiger charge is -2.31. The molecule has 0 amide bonds. The molecule has 1 aliphatic heterocycles. The van der Waals surface area contributed by atoms with Crippen molar-refractivity contribution in [1.29, 1.82) is 0 Å². The summed E-state index contributed by atoms with van der Waals surface area (Å²) in [7, 11) is -1.92. The van der Waals surface area contributed by atoms with Crippen molar-refractivity contribution < 1.29 is 22.3 Å². The lowest BCUT2D eigenvalue weighted by Crippen LogP contribution is -2.47. The Morgan fingerprint density at radius 2 is 2.38 bits per heavy atom. The molecule has 1 N–H and O–H groups in total. The number of nitrogens with zero attached hydrogens (tertiary/aromatic N) is 3. The van der Waals surface area contributed by atoms with Crippen LogP contribution in [0.15, 0.2) is 6.20 Å². The van der Waals surface area contributed by atoms with Gasteiger partial charge in [0.1, 0.15) is 0 Å². The Kier molecular flexibility index (Phi) is 4.91. The average molecular weight is 320 g/mol. The molecular formula is C11H17FN4O4S. The molecule has 1 saturated heterocycles. The predicted molar refractivity (Wildman–Crippen MR) is 73.2 cm³/mol. The number of hydrogen-bond donors (Lipinski definition) is 1. The van der Waals surface area contributed by atoms with Gasteiger partial charge in [-0.15, -0.1) is 0 Å². The van der Waals surface area contributed by atoms with Crippen molar-refractivity contribution in [2.45, 2.75) is 6.10 Å². The number of halogens is 1. The van der Waals surface area contributed by atoms with E-state index in [4.69, 9.17) is 9.47 Å². The van der Waals surface area contributed by atoms with Gasteiger partial charge in [0.2, 0.25) is 21.8 Å². The molecule has 2 rings (SSSR count). The van der Waals surface area contributed by atoms with Crippen LogP contribution in [0.2, 0.25) is 0 Å². The fraction of sp³-hybridized carbons (Fsp3) is 0.636. The highest BCUT2D eigenvalue weighted by atomic mass is 32.2. The van der Waals surface area contributed by atoms with Gasteiger partial charge < -0.3 is 14.8 Å². The zero-order chi connectivity index (χ0) is 15.5. The van der Waals surface area contributed by atoms with Crippen molar-refractivity contribution in [3.05, 3.63) is 12.0 Å². The van der Waals surface area contributed by atoms with E-state index < -0.39 is 15.8 Å². The summed E-state index contributed by atoms with van der Waals surface area (Å²) in [5.41, 5.74) is 0. The summed E-state index contributed by atoms with van der Waals surface area (Å²) >= 11 is 0. The van der Waals surface area contributed by atoms with Gasteiger partial charge in [-0.1, -0.05) is 0 Å². The molecule has 1 aliphatic rings. The summed E-state index contributed by atoms with van der Waals surface area (Å²) in [6.07, 6.45) is 1.84. The zero-order valence-corrected chi connectivity index (χ0v) is 12.6. The third-order valence-electron chi connectivity index (χ3n) is 2.96. The average Bonchev–Trinajstić information content (AvgIpc) is 2.46. The van der Waals surface area contributed by atoms with Gasteiger partial charge >= 0.3 is 0 Å². The second-order valence-electron chi connectivity index (χ2n) is 4.55. The van der Waals surface area contributed by atoms with Crippen LogP contribution in [0, 0.1) is 5.82 Å². The summed E-state index contributed by atoms with van der Waals surface area (Å²) in [6.45, 7) is 1.23. The Bertz CT molecular complexity index is 598. The van der Waals surface area contributed by atoms with E-state index in [0.717, 1.165) is 12.5 Å². The summed E-state index contributed by atoms with van der Waals surface area (Å²) in [5, 5.41) is 2.87. The molecule has 0 spiro atoms. The number of rotatable bonds is 5. The van der Waals surface area contributed by atoms with E-state index in [1.807, 2.05) is 0 Å². The van der Waals surface area contributed by atoms with Crippen LogP contribution in [0.4, 0.5) is 10.3 Å². The third-order valence-corrected chi connectivity index (χ3v) is 4.23. The second-order valence-corrected chi connectivity index (χ2v) is 6.53. The number of aromatic nitrogens is 2. The Morgan fingerprint density at radius 1 is 1.62 bits per heavy atom. The standard InChI is InChI=1S/C11H17FN4O4S/c1-19-10-9(12)6-14-11(15-10)13-5-8-7-16(3-4-20-8)21(2,17)18/h6,8H,3-5,7H2,1-2H3,(H,13,14,15). The fourth-order valence-corrected chi connectivity index (χ4v) is 2.75. The van der Waals surface area contributed by atoms with Crippen LogP contribution in [0.1, 0.15) is 0 Å². The summed E-state index contributed by atoms with van der Waals surface area (Å²) in [4.78, 5) is 7.61. The molecule has 10 heteroatoms. The maximum Gasteiger partial charge on any atom is 0.255 e. The van der Waals surface area contributed by atoms with Gasteiger partial charge in [0.15, 0.2) is 0 Å². The number of morpholine rings is 1. The molecule has 0 aliphatic carbocycles. The Balaban J connectivity index is 1.94. The predicted octanol–water partition coefficient (Wildman–Crippen LogP) is -0.303. The number of anilines is 1. The maximum atomic E-state index is 13.2.